The molecule has 1 unspecified atom stereocenters. The molecule has 1 aromatic carbocycles. The Morgan fingerprint density at radius 2 is 2.17 bits per heavy atom. The van der Waals surface area contributed by atoms with Crippen molar-refractivity contribution in [1.29, 1.82) is 0 Å². The van der Waals surface area contributed by atoms with Crippen LogP contribution in [0, 0.1) is 5.82 Å². The van der Waals surface area contributed by atoms with Crippen LogP contribution < -0.4 is 11.3 Å². The highest BCUT2D eigenvalue weighted by atomic mass is 79.9. The first-order valence-corrected chi connectivity index (χ1v) is 6.30. The lowest BCUT2D eigenvalue weighted by molar-refractivity contribution is 0.539. The number of benzene rings is 1. The van der Waals surface area contributed by atoms with Crippen molar-refractivity contribution in [2.45, 2.75) is 12.5 Å². The first-order valence-electron chi connectivity index (χ1n) is 5.51. The van der Waals surface area contributed by atoms with Gasteiger partial charge >= 0.3 is 0 Å². The van der Waals surface area contributed by atoms with Crippen LogP contribution >= 0.6 is 15.9 Å². The van der Waals surface area contributed by atoms with Gasteiger partial charge < -0.3 is 0 Å². The molecule has 2 aromatic rings. The van der Waals surface area contributed by atoms with Crippen LogP contribution in [0.1, 0.15) is 17.3 Å². The molecule has 0 saturated carbocycles. The summed E-state index contributed by atoms with van der Waals surface area (Å²) in [6, 6.07) is 10.1. The van der Waals surface area contributed by atoms with Gasteiger partial charge in [-0.3, -0.25) is 16.3 Å². The second-order valence-electron chi connectivity index (χ2n) is 3.95. The number of hydrazine groups is 1. The van der Waals surface area contributed by atoms with Crippen molar-refractivity contribution < 1.29 is 4.39 Å². The molecule has 0 bridgehead atoms. The van der Waals surface area contributed by atoms with E-state index in [1.54, 1.807) is 12.3 Å². The molecule has 2 rings (SSSR count). The molecule has 94 valence electrons. The van der Waals surface area contributed by atoms with Gasteiger partial charge in [0.25, 0.3) is 0 Å². The minimum Gasteiger partial charge on any atom is -0.271 e. The Kier molecular flexibility index (Phi) is 4.41. The maximum atomic E-state index is 13.2. The molecule has 0 aliphatic carbocycles. The quantitative estimate of drug-likeness (QED) is 0.674. The number of rotatable bonds is 4. The molecule has 18 heavy (non-hydrogen) atoms. The largest absolute Gasteiger partial charge is 0.271 e. The van der Waals surface area contributed by atoms with E-state index >= 15 is 0 Å². The fourth-order valence-corrected chi connectivity index (χ4v) is 1.97. The minimum absolute atomic E-state index is 0.158. The fourth-order valence-electron chi connectivity index (χ4n) is 1.73. The van der Waals surface area contributed by atoms with Gasteiger partial charge in [0.05, 0.1) is 6.04 Å². The van der Waals surface area contributed by atoms with Crippen LogP contribution in [0.4, 0.5) is 4.39 Å². The third-order valence-corrected chi connectivity index (χ3v) is 3.12. The van der Waals surface area contributed by atoms with Crippen LogP contribution in [-0.4, -0.2) is 4.98 Å². The molecule has 0 aliphatic rings. The van der Waals surface area contributed by atoms with Crippen molar-refractivity contribution in [3.05, 3.63) is 64.1 Å². The zero-order valence-corrected chi connectivity index (χ0v) is 11.2. The third kappa shape index (κ3) is 3.35. The molecule has 0 fully saturated rings. The SMILES string of the molecule is NNC(Cc1ccc(Br)cn1)c1cccc(F)c1. The fraction of sp³-hybridized carbons (Fsp3) is 0.154. The van der Waals surface area contributed by atoms with E-state index in [1.807, 2.05) is 18.2 Å². The van der Waals surface area contributed by atoms with Crippen molar-refractivity contribution >= 4 is 15.9 Å². The van der Waals surface area contributed by atoms with Crippen molar-refractivity contribution in [2.75, 3.05) is 0 Å². The number of nitrogens with one attached hydrogen (secondary N) is 1. The summed E-state index contributed by atoms with van der Waals surface area (Å²) in [4.78, 5) is 4.28. The van der Waals surface area contributed by atoms with Crippen molar-refractivity contribution in [2.24, 2.45) is 5.84 Å². The van der Waals surface area contributed by atoms with E-state index in [9.17, 15) is 4.39 Å². The van der Waals surface area contributed by atoms with Gasteiger partial charge in [-0.1, -0.05) is 12.1 Å². The minimum atomic E-state index is -0.267. The molecule has 0 spiro atoms. The Hall–Kier alpha value is -1.30. The standard InChI is InChI=1S/C13H13BrFN3/c14-10-4-5-12(17-8-10)7-13(18-16)9-2-1-3-11(15)6-9/h1-6,8,13,18H,7,16H2. The predicted octanol–water partition coefficient (Wildman–Crippen LogP) is 2.73. The Morgan fingerprint density at radius 1 is 1.33 bits per heavy atom. The van der Waals surface area contributed by atoms with Crippen molar-refractivity contribution in [3.63, 3.8) is 0 Å². The maximum Gasteiger partial charge on any atom is 0.123 e. The van der Waals surface area contributed by atoms with Gasteiger partial charge in [-0.15, -0.1) is 0 Å². The van der Waals surface area contributed by atoms with Crippen LogP contribution in [0.5, 0.6) is 0 Å². The second kappa shape index (κ2) is 6.04. The number of pyridine rings is 1. The third-order valence-electron chi connectivity index (χ3n) is 2.65. The summed E-state index contributed by atoms with van der Waals surface area (Å²) in [6.45, 7) is 0. The summed E-state index contributed by atoms with van der Waals surface area (Å²) >= 11 is 3.33. The molecular weight excluding hydrogens is 297 g/mol. The molecule has 3 N–H and O–H groups in total. The van der Waals surface area contributed by atoms with Crippen LogP contribution in [0.15, 0.2) is 47.1 Å². The molecular formula is C13H13BrFN3. The number of aromatic nitrogens is 1. The monoisotopic (exact) mass is 309 g/mol. The normalized spacial score (nSPS) is 12.4. The van der Waals surface area contributed by atoms with Gasteiger partial charge in [-0.05, 0) is 45.8 Å². The first-order chi connectivity index (χ1) is 8.69. The van der Waals surface area contributed by atoms with Crippen LogP contribution in [0.3, 0.4) is 0 Å². The van der Waals surface area contributed by atoms with Crippen LogP contribution in [0.2, 0.25) is 0 Å². The average Bonchev–Trinajstić information content (AvgIpc) is 2.38. The average molecular weight is 310 g/mol. The lowest BCUT2D eigenvalue weighted by Gasteiger charge is -2.16. The Morgan fingerprint density at radius 3 is 2.78 bits per heavy atom. The van der Waals surface area contributed by atoms with Crippen molar-refractivity contribution in [3.8, 4) is 0 Å². The first kappa shape index (κ1) is 13.1. The van der Waals surface area contributed by atoms with E-state index < -0.39 is 0 Å². The van der Waals surface area contributed by atoms with Gasteiger partial charge in [0.2, 0.25) is 0 Å². The summed E-state index contributed by atoms with van der Waals surface area (Å²) in [6.07, 6.45) is 2.34. The highest BCUT2D eigenvalue weighted by Crippen LogP contribution is 2.18. The zero-order chi connectivity index (χ0) is 13.0. The summed E-state index contributed by atoms with van der Waals surface area (Å²) in [5, 5.41) is 0. The Bertz CT molecular complexity index is 516. The molecule has 0 amide bonds. The highest BCUT2D eigenvalue weighted by molar-refractivity contribution is 9.10. The molecule has 0 radical (unpaired) electrons. The molecule has 1 aromatic heterocycles. The van der Waals surface area contributed by atoms with E-state index in [1.165, 1.54) is 12.1 Å². The van der Waals surface area contributed by atoms with E-state index in [4.69, 9.17) is 5.84 Å². The summed E-state index contributed by atoms with van der Waals surface area (Å²) in [7, 11) is 0. The lowest BCUT2D eigenvalue weighted by Crippen LogP contribution is -2.29. The predicted molar refractivity (Wildman–Crippen MR) is 72.1 cm³/mol. The van der Waals surface area contributed by atoms with Gasteiger partial charge in [0, 0.05) is 22.8 Å². The van der Waals surface area contributed by atoms with Crippen LogP contribution in [-0.2, 0) is 6.42 Å². The molecule has 1 atom stereocenters. The summed E-state index contributed by atoms with van der Waals surface area (Å²) < 4.78 is 14.1. The van der Waals surface area contributed by atoms with Crippen LogP contribution in [0.25, 0.3) is 0 Å². The molecule has 5 heteroatoms. The summed E-state index contributed by atoms with van der Waals surface area (Å²) in [5.74, 6) is 5.26. The lowest BCUT2D eigenvalue weighted by atomic mass is 10.0. The van der Waals surface area contributed by atoms with Gasteiger partial charge in [0.15, 0.2) is 0 Å². The highest BCUT2D eigenvalue weighted by Gasteiger charge is 2.11. The molecule has 0 aliphatic heterocycles. The van der Waals surface area contributed by atoms with Gasteiger partial charge in [-0.2, -0.15) is 0 Å². The molecule has 3 nitrogen and oxygen atoms in total. The number of hydrogen-bond acceptors (Lipinski definition) is 3. The number of nitrogens with zero attached hydrogens (tertiary/aromatic N) is 1. The number of halogens is 2. The Balaban J connectivity index is 2.17. The van der Waals surface area contributed by atoms with E-state index in [2.05, 4.69) is 26.3 Å². The molecule has 1 heterocycles. The number of hydrogen-bond donors (Lipinski definition) is 2. The van der Waals surface area contributed by atoms with Gasteiger partial charge in [0.1, 0.15) is 5.82 Å². The van der Waals surface area contributed by atoms with Crippen molar-refractivity contribution in [1.82, 2.24) is 10.4 Å². The van der Waals surface area contributed by atoms with E-state index in [0.29, 0.717) is 6.42 Å². The zero-order valence-electron chi connectivity index (χ0n) is 9.61. The number of nitrogens with two attached hydrogens (primary N) is 1. The maximum absolute atomic E-state index is 13.2. The molecule has 0 saturated heterocycles. The topological polar surface area (TPSA) is 50.9 Å². The summed E-state index contributed by atoms with van der Waals surface area (Å²) in [5.41, 5.74) is 4.39. The van der Waals surface area contributed by atoms with Gasteiger partial charge in [-0.25, -0.2) is 4.39 Å². The van der Waals surface area contributed by atoms with E-state index in [0.717, 1.165) is 15.7 Å². The van der Waals surface area contributed by atoms with E-state index in [-0.39, 0.29) is 11.9 Å². The smallest absolute Gasteiger partial charge is 0.123 e. The Labute approximate surface area is 113 Å². The second-order valence-corrected chi connectivity index (χ2v) is 4.86.